The summed E-state index contributed by atoms with van der Waals surface area (Å²) in [5.74, 6) is 0.531. The van der Waals surface area contributed by atoms with E-state index in [4.69, 9.17) is 4.98 Å². The van der Waals surface area contributed by atoms with Gasteiger partial charge in [-0.2, -0.15) is 0 Å². The van der Waals surface area contributed by atoms with Crippen LogP contribution in [0.15, 0.2) is 42.6 Å². The van der Waals surface area contributed by atoms with Crippen LogP contribution in [0, 0.1) is 26.7 Å². The van der Waals surface area contributed by atoms with E-state index in [0.717, 1.165) is 46.3 Å². The Morgan fingerprint density at radius 3 is 2.59 bits per heavy atom. The minimum absolute atomic E-state index is 0.0220. The predicted octanol–water partition coefficient (Wildman–Crippen LogP) is 4.78. The van der Waals surface area contributed by atoms with Gasteiger partial charge in [-0.3, -0.25) is 14.8 Å². The van der Waals surface area contributed by atoms with E-state index in [1.807, 2.05) is 49.2 Å². The number of benzene rings is 1. The Hall–Kier alpha value is -2.75. The van der Waals surface area contributed by atoms with Gasteiger partial charge in [-0.15, -0.1) is 0 Å². The van der Waals surface area contributed by atoms with Crippen LogP contribution in [0.3, 0.4) is 0 Å². The number of hydrogen-bond acceptors (Lipinski definition) is 3. The van der Waals surface area contributed by atoms with E-state index < -0.39 is 0 Å². The van der Waals surface area contributed by atoms with Gasteiger partial charge in [0.05, 0.1) is 22.8 Å². The summed E-state index contributed by atoms with van der Waals surface area (Å²) in [6.45, 7) is 6.11. The molecular weight excluding hydrogens is 334 g/mol. The van der Waals surface area contributed by atoms with Gasteiger partial charge < -0.3 is 4.90 Å². The van der Waals surface area contributed by atoms with E-state index in [1.54, 1.807) is 6.20 Å². The quantitative estimate of drug-likeness (QED) is 0.673. The normalized spacial score (nSPS) is 15.0. The van der Waals surface area contributed by atoms with E-state index >= 15 is 0 Å². The zero-order chi connectivity index (χ0) is 19.1. The van der Waals surface area contributed by atoms with E-state index in [2.05, 4.69) is 24.9 Å². The highest BCUT2D eigenvalue weighted by atomic mass is 16.2. The van der Waals surface area contributed by atoms with Gasteiger partial charge in [0.25, 0.3) is 5.91 Å². The number of rotatable bonds is 4. The lowest BCUT2D eigenvalue weighted by atomic mass is 9.99. The maximum Gasteiger partial charge on any atom is 0.254 e. The van der Waals surface area contributed by atoms with Crippen molar-refractivity contribution in [1.82, 2.24) is 14.9 Å². The Labute approximate surface area is 160 Å². The Balaban J connectivity index is 1.79. The van der Waals surface area contributed by atoms with Crippen LogP contribution in [0.5, 0.6) is 0 Å². The second-order valence-corrected chi connectivity index (χ2v) is 7.67. The standard InChI is InChI=1S/C23H25N3O/c1-14-8-11-18-19(13-15(2)25-21(18)16(14)3)23(27)26(4)22(17-9-10-17)20-7-5-6-12-24-20/h5-8,11-13,17,22H,9-10H2,1-4H3/t22-/m1/s1. The van der Waals surface area contributed by atoms with E-state index in [-0.39, 0.29) is 11.9 Å². The number of carbonyl (C=O) groups excluding carboxylic acids is 1. The zero-order valence-electron chi connectivity index (χ0n) is 16.4. The molecule has 1 fully saturated rings. The van der Waals surface area contributed by atoms with Crippen molar-refractivity contribution in [2.45, 2.75) is 39.7 Å². The smallest absolute Gasteiger partial charge is 0.254 e. The van der Waals surface area contributed by atoms with Crippen LogP contribution in [0.25, 0.3) is 10.9 Å². The number of aromatic nitrogens is 2. The SMILES string of the molecule is Cc1cc(C(=O)N(C)[C@@H](c2ccccn2)C2CC2)c2ccc(C)c(C)c2n1. The van der Waals surface area contributed by atoms with Crippen molar-refractivity contribution >= 4 is 16.8 Å². The molecule has 1 aromatic carbocycles. The zero-order valence-corrected chi connectivity index (χ0v) is 16.4. The Bertz CT molecular complexity index is 1010. The molecule has 4 rings (SSSR count). The lowest BCUT2D eigenvalue weighted by molar-refractivity contribution is 0.0709. The molecule has 1 amide bonds. The average molecular weight is 359 g/mol. The summed E-state index contributed by atoms with van der Waals surface area (Å²) in [6.07, 6.45) is 4.10. The number of fused-ring (bicyclic) bond motifs is 1. The van der Waals surface area contributed by atoms with Crippen molar-refractivity contribution in [3.05, 3.63) is 70.7 Å². The molecule has 0 spiro atoms. The van der Waals surface area contributed by atoms with Gasteiger partial charge in [-0.1, -0.05) is 18.2 Å². The van der Waals surface area contributed by atoms with Gasteiger partial charge in [0.1, 0.15) is 0 Å². The summed E-state index contributed by atoms with van der Waals surface area (Å²) < 4.78 is 0. The topological polar surface area (TPSA) is 46.1 Å². The molecule has 1 atom stereocenters. The highest BCUT2D eigenvalue weighted by Crippen LogP contribution is 2.44. The molecule has 0 bridgehead atoms. The molecule has 0 unspecified atom stereocenters. The van der Waals surface area contributed by atoms with Crippen LogP contribution in [0.1, 0.15) is 51.8 Å². The third-order valence-corrected chi connectivity index (χ3v) is 5.66. The minimum atomic E-state index is 0.0220. The maximum atomic E-state index is 13.5. The third kappa shape index (κ3) is 3.20. The van der Waals surface area contributed by atoms with Crippen molar-refractivity contribution < 1.29 is 4.79 Å². The summed E-state index contributed by atoms with van der Waals surface area (Å²) >= 11 is 0. The number of amides is 1. The summed E-state index contributed by atoms with van der Waals surface area (Å²) in [5.41, 5.74) is 5.82. The lowest BCUT2D eigenvalue weighted by Crippen LogP contribution is -2.33. The summed E-state index contributed by atoms with van der Waals surface area (Å²) in [6, 6.07) is 12.0. The molecule has 3 aromatic rings. The number of aryl methyl sites for hydroxylation is 3. The number of nitrogens with zero attached hydrogens (tertiary/aromatic N) is 3. The second-order valence-electron chi connectivity index (χ2n) is 7.67. The fourth-order valence-corrected chi connectivity index (χ4v) is 3.87. The van der Waals surface area contributed by atoms with Crippen molar-refractivity contribution in [2.24, 2.45) is 5.92 Å². The van der Waals surface area contributed by atoms with Crippen LogP contribution >= 0.6 is 0 Å². The molecular formula is C23H25N3O. The maximum absolute atomic E-state index is 13.5. The molecule has 4 nitrogen and oxygen atoms in total. The third-order valence-electron chi connectivity index (χ3n) is 5.66. The van der Waals surface area contributed by atoms with Crippen molar-refractivity contribution in [3.8, 4) is 0 Å². The molecule has 1 aliphatic carbocycles. The largest absolute Gasteiger partial charge is 0.333 e. The molecule has 0 saturated heterocycles. The first-order valence-electron chi connectivity index (χ1n) is 9.53. The molecule has 0 N–H and O–H groups in total. The van der Waals surface area contributed by atoms with Crippen molar-refractivity contribution in [1.29, 1.82) is 0 Å². The molecule has 0 radical (unpaired) electrons. The fraction of sp³-hybridized carbons (Fsp3) is 0.348. The summed E-state index contributed by atoms with van der Waals surface area (Å²) in [5, 5.41) is 0.927. The van der Waals surface area contributed by atoms with Crippen LogP contribution in [0.4, 0.5) is 0 Å². The molecule has 2 heterocycles. The first-order chi connectivity index (χ1) is 13.0. The monoisotopic (exact) mass is 359 g/mol. The molecule has 0 aliphatic heterocycles. The van der Waals surface area contributed by atoms with Crippen LogP contribution in [-0.4, -0.2) is 27.8 Å². The molecule has 1 aliphatic rings. The van der Waals surface area contributed by atoms with Gasteiger partial charge >= 0.3 is 0 Å². The molecule has 27 heavy (non-hydrogen) atoms. The van der Waals surface area contributed by atoms with Gasteiger partial charge in [0, 0.05) is 24.3 Å². The van der Waals surface area contributed by atoms with E-state index in [9.17, 15) is 4.79 Å². The Morgan fingerprint density at radius 2 is 1.93 bits per heavy atom. The number of pyridine rings is 2. The first-order valence-corrected chi connectivity index (χ1v) is 9.53. The average Bonchev–Trinajstić information content (AvgIpc) is 3.50. The predicted molar refractivity (Wildman–Crippen MR) is 108 cm³/mol. The number of hydrogen-bond donors (Lipinski definition) is 0. The van der Waals surface area contributed by atoms with Crippen LogP contribution < -0.4 is 0 Å². The van der Waals surface area contributed by atoms with Crippen molar-refractivity contribution in [3.63, 3.8) is 0 Å². The highest BCUT2D eigenvalue weighted by Gasteiger charge is 2.38. The molecule has 4 heteroatoms. The highest BCUT2D eigenvalue weighted by molar-refractivity contribution is 6.07. The Kier molecular flexibility index (Phi) is 4.42. The summed E-state index contributed by atoms with van der Waals surface area (Å²) in [4.78, 5) is 24.6. The second kappa shape index (κ2) is 6.76. The summed E-state index contributed by atoms with van der Waals surface area (Å²) in [7, 11) is 1.91. The molecule has 1 saturated carbocycles. The van der Waals surface area contributed by atoms with Crippen LogP contribution in [-0.2, 0) is 0 Å². The minimum Gasteiger partial charge on any atom is -0.333 e. The fourth-order valence-electron chi connectivity index (χ4n) is 3.87. The van der Waals surface area contributed by atoms with E-state index in [0.29, 0.717) is 5.92 Å². The van der Waals surface area contributed by atoms with Gasteiger partial charge in [0.15, 0.2) is 0 Å². The number of carbonyl (C=O) groups is 1. The first kappa shape index (κ1) is 17.7. The van der Waals surface area contributed by atoms with E-state index in [1.165, 1.54) is 5.56 Å². The molecule has 138 valence electrons. The van der Waals surface area contributed by atoms with Crippen molar-refractivity contribution in [2.75, 3.05) is 7.05 Å². The van der Waals surface area contributed by atoms with Gasteiger partial charge in [-0.25, -0.2) is 0 Å². The van der Waals surface area contributed by atoms with Gasteiger partial charge in [-0.05, 0) is 68.9 Å². The van der Waals surface area contributed by atoms with Crippen LogP contribution in [0.2, 0.25) is 0 Å². The van der Waals surface area contributed by atoms with Gasteiger partial charge in [0.2, 0.25) is 0 Å². The lowest BCUT2D eigenvalue weighted by Gasteiger charge is -2.28. The Morgan fingerprint density at radius 1 is 1.15 bits per heavy atom. The molecule has 2 aromatic heterocycles.